The molecule has 0 spiro atoms. The largest absolute Gasteiger partial charge is 0.492 e. The number of thiophene rings is 1. The Labute approximate surface area is 244 Å². The van der Waals surface area contributed by atoms with Gasteiger partial charge in [0, 0.05) is 62.2 Å². The maximum atomic E-state index is 13.8. The Bertz CT molecular complexity index is 1610. The molecule has 0 N–H and O–H groups in total. The van der Waals surface area contributed by atoms with Gasteiger partial charge >= 0.3 is 0 Å². The topological polar surface area (TPSA) is 37.7 Å². The first-order valence-corrected chi connectivity index (χ1v) is 15.1. The van der Waals surface area contributed by atoms with Gasteiger partial charge in [0.1, 0.15) is 11.6 Å². The fourth-order valence-corrected chi connectivity index (χ4v) is 6.56. The third-order valence-corrected chi connectivity index (χ3v) is 8.62. The molecule has 41 heavy (non-hydrogen) atoms. The lowest BCUT2D eigenvalue weighted by atomic mass is 9.89. The second-order valence-corrected chi connectivity index (χ2v) is 11.2. The van der Waals surface area contributed by atoms with Crippen molar-refractivity contribution in [2.75, 3.05) is 37.7 Å². The van der Waals surface area contributed by atoms with Crippen LogP contribution in [0.3, 0.4) is 0 Å². The number of carbonyl (C=O) groups excluding carboxylic acids is 1. The molecule has 0 bridgehead atoms. The number of amides is 1. The first-order chi connectivity index (χ1) is 20.1. The monoisotopic (exact) mass is 567 g/mol. The molecule has 1 unspecified atom stereocenters. The fraction of sp³-hybridized carbons (Fsp3) is 0.265. The average Bonchev–Trinajstić information content (AvgIpc) is 3.67. The average molecular weight is 568 g/mol. The number of piperazine rings is 1. The predicted molar refractivity (Wildman–Crippen MR) is 165 cm³/mol. The molecule has 2 aromatic heterocycles. The van der Waals surface area contributed by atoms with E-state index in [0.29, 0.717) is 32.7 Å². The summed E-state index contributed by atoms with van der Waals surface area (Å²) in [6.45, 7) is 6.17. The van der Waals surface area contributed by atoms with Crippen LogP contribution < -0.4 is 9.64 Å². The van der Waals surface area contributed by atoms with Crippen LogP contribution in [0.1, 0.15) is 36.0 Å². The Kier molecular flexibility index (Phi) is 8.05. The van der Waals surface area contributed by atoms with Crippen LogP contribution in [-0.2, 0) is 11.3 Å². The summed E-state index contributed by atoms with van der Waals surface area (Å²) in [6.07, 6.45) is 2.60. The van der Waals surface area contributed by atoms with Crippen LogP contribution in [0.2, 0.25) is 0 Å². The first kappa shape index (κ1) is 27.1. The molecule has 5 aromatic rings. The zero-order chi connectivity index (χ0) is 28.2. The number of fused-ring (bicyclic) bond motifs is 1. The van der Waals surface area contributed by atoms with Crippen molar-refractivity contribution in [3.05, 3.63) is 118 Å². The fourth-order valence-electron chi connectivity index (χ4n) is 5.85. The first-order valence-electron chi connectivity index (χ1n) is 14.2. The Hall–Kier alpha value is -4.10. The number of nitrogens with zero attached hydrogens (tertiary/aromatic N) is 3. The van der Waals surface area contributed by atoms with Crippen LogP contribution in [-0.4, -0.2) is 48.2 Å². The molecular weight excluding hydrogens is 533 g/mol. The van der Waals surface area contributed by atoms with E-state index in [2.05, 4.69) is 56.8 Å². The molecule has 0 aliphatic carbocycles. The van der Waals surface area contributed by atoms with Gasteiger partial charge in [-0.2, -0.15) is 11.3 Å². The molecule has 0 saturated carbocycles. The second-order valence-electron chi connectivity index (χ2n) is 10.4. The van der Waals surface area contributed by atoms with Gasteiger partial charge in [0.25, 0.3) is 0 Å². The van der Waals surface area contributed by atoms with Crippen LogP contribution in [0.4, 0.5) is 10.1 Å². The zero-order valence-electron chi connectivity index (χ0n) is 23.2. The molecule has 1 amide bonds. The van der Waals surface area contributed by atoms with Crippen molar-refractivity contribution < 1.29 is 13.9 Å². The molecular formula is C34H34FN3O2S. The van der Waals surface area contributed by atoms with Crippen molar-refractivity contribution >= 4 is 33.8 Å². The van der Waals surface area contributed by atoms with Gasteiger partial charge in [-0.25, -0.2) is 4.39 Å². The number of anilines is 1. The number of halogens is 1. The minimum atomic E-state index is -0.234. The van der Waals surface area contributed by atoms with Crippen LogP contribution in [0.15, 0.2) is 95.8 Å². The summed E-state index contributed by atoms with van der Waals surface area (Å²) >= 11 is 1.66. The summed E-state index contributed by atoms with van der Waals surface area (Å²) in [4.78, 5) is 18.1. The Balaban J connectivity index is 1.23. The van der Waals surface area contributed by atoms with Crippen LogP contribution in [0.5, 0.6) is 5.75 Å². The quantitative estimate of drug-likeness (QED) is 0.190. The van der Waals surface area contributed by atoms with E-state index in [1.54, 1.807) is 11.3 Å². The second kappa shape index (κ2) is 12.2. The third kappa shape index (κ3) is 5.86. The molecule has 210 valence electrons. The summed E-state index contributed by atoms with van der Waals surface area (Å²) < 4.78 is 21.6. The van der Waals surface area contributed by atoms with Gasteiger partial charge in [0.15, 0.2) is 0 Å². The van der Waals surface area contributed by atoms with Gasteiger partial charge < -0.3 is 19.1 Å². The van der Waals surface area contributed by atoms with Crippen molar-refractivity contribution in [3.63, 3.8) is 0 Å². The molecule has 1 aliphatic heterocycles. The SMILES string of the molecule is CCOc1ccccc1N1CCN(C(=O)CC(c2ccsc2)c2cn(Cc3ccc(F)cc3)c3ccccc23)CC1. The zero-order valence-corrected chi connectivity index (χ0v) is 24.0. The van der Waals surface area contributed by atoms with E-state index in [1.165, 1.54) is 12.1 Å². The number of hydrogen-bond acceptors (Lipinski definition) is 4. The molecule has 5 nitrogen and oxygen atoms in total. The van der Waals surface area contributed by atoms with Gasteiger partial charge in [0.05, 0.1) is 12.3 Å². The van der Waals surface area contributed by atoms with E-state index < -0.39 is 0 Å². The maximum Gasteiger partial charge on any atom is 0.223 e. The van der Waals surface area contributed by atoms with Crippen molar-refractivity contribution in [3.8, 4) is 5.75 Å². The van der Waals surface area contributed by atoms with Crippen LogP contribution >= 0.6 is 11.3 Å². The summed E-state index contributed by atoms with van der Waals surface area (Å²) in [7, 11) is 0. The van der Waals surface area contributed by atoms with Gasteiger partial charge in [-0.3, -0.25) is 4.79 Å². The number of benzene rings is 3. The van der Waals surface area contributed by atoms with E-state index >= 15 is 0 Å². The molecule has 1 aliphatic rings. The Morgan fingerprint density at radius 1 is 0.951 bits per heavy atom. The summed E-state index contributed by atoms with van der Waals surface area (Å²) in [5.74, 6) is 0.783. The Morgan fingerprint density at radius 2 is 1.71 bits per heavy atom. The smallest absolute Gasteiger partial charge is 0.223 e. The number of rotatable bonds is 9. The lowest BCUT2D eigenvalue weighted by Gasteiger charge is -2.37. The number of para-hydroxylation sites is 3. The third-order valence-electron chi connectivity index (χ3n) is 7.92. The van der Waals surface area contributed by atoms with Crippen LogP contribution in [0.25, 0.3) is 10.9 Å². The number of hydrogen-bond donors (Lipinski definition) is 0. The standard InChI is InChI=1S/C34H34FN3O2S/c1-2-40-33-10-6-5-9-32(33)36-16-18-37(19-17-36)34(39)21-29(26-15-20-41-24-26)30-23-38(31-8-4-3-7-28(30)31)22-25-11-13-27(35)14-12-25/h3-15,20,23-24,29H,2,16-19,21-22H2,1H3. The van der Waals surface area contributed by atoms with E-state index in [9.17, 15) is 9.18 Å². The number of aromatic nitrogens is 1. The van der Waals surface area contributed by atoms with Crippen molar-refractivity contribution in [1.29, 1.82) is 0 Å². The minimum Gasteiger partial charge on any atom is -0.492 e. The molecule has 7 heteroatoms. The highest BCUT2D eigenvalue weighted by molar-refractivity contribution is 7.08. The van der Waals surface area contributed by atoms with Gasteiger partial charge in [-0.15, -0.1) is 0 Å². The number of carbonyl (C=O) groups is 1. The predicted octanol–water partition coefficient (Wildman–Crippen LogP) is 7.16. The number of ether oxygens (including phenoxy) is 1. The van der Waals surface area contributed by atoms with Crippen molar-refractivity contribution in [2.45, 2.75) is 25.8 Å². The van der Waals surface area contributed by atoms with Gasteiger partial charge in [-0.05, 0) is 70.8 Å². The van der Waals surface area contributed by atoms with Gasteiger partial charge in [-0.1, -0.05) is 42.5 Å². The maximum absolute atomic E-state index is 13.8. The van der Waals surface area contributed by atoms with Crippen molar-refractivity contribution in [1.82, 2.24) is 9.47 Å². The molecule has 0 radical (unpaired) electrons. The van der Waals surface area contributed by atoms with E-state index in [1.807, 2.05) is 48.2 Å². The normalized spacial score (nSPS) is 14.4. The highest BCUT2D eigenvalue weighted by Crippen LogP contribution is 2.37. The summed E-state index contributed by atoms with van der Waals surface area (Å²) in [6, 6.07) is 25.3. The molecule has 1 fully saturated rings. The summed E-state index contributed by atoms with van der Waals surface area (Å²) in [5.41, 5.74) is 5.55. The van der Waals surface area contributed by atoms with Crippen LogP contribution in [0, 0.1) is 5.82 Å². The van der Waals surface area contributed by atoms with Crippen molar-refractivity contribution in [2.24, 2.45) is 0 Å². The molecule has 1 atom stereocenters. The van der Waals surface area contributed by atoms with E-state index in [0.717, 1.165) is 52.1 Å². The Morgan fingerprint density at radius 3 is 2.46 bits per heavy atom. The van der Waals surface area contributed by atoms with E-state index in [4.69, 9.17) is 4.74 Å². The van der Waals surface area contributed by atoms with E-state index in [-0.39, 0.29) is 17.6 Å². The lowest BCUT2D eigenvalue weighted by Crippen LogP contribution is -2.49. The molecule has 3 heterocycles. The summed E-state index contributed by atoms with van der Waals surface area (Å²) in [5, 5.41) is 5.39. The highest BCUT2D eigenvalue weighted by Gasteiger charge is 2.28. The molecule has 3 aromatic carbocycles. The highest BCUT2D eigenvalue weighted by atomic mass is 32.1. The molecule has 1 saturated heterocycles. The van der Waals surface area contributed by atoms with Gasteiger partial charge in [0.2, 0.25) is 5.91 Å². The minimum absolute atomic E-state index is 0.0511. The lowest BCUT2D eigenvalue weighted by molar-refractivity contribution is -0.131. The molecule has 6 rings (SSSR count).